The number of nitrogens with one attached hydrogen (secondary N) is 1. The maximum Gasteiger partial charge on any atom is 0.372 e. The van der Waals surface area contributed by atoms with E-state index in [0.717, 1.165) is 13.1 Å². The van der Waals surface area contributed by atoms with E-state index < -0.39 is 11.8 Å². The van der Waals surface area contributed by atoms with Crippen LogP contribution in [0.25, 0.3) is 0 Å². The van der Waals surface area contributed by atoms with Gasteiger partial charge in [0.1, 0.15) is 0 Å². The first-order chi connectivity index (χ1) is 5.22. The topological polar surface area (TPSA) is 66.4 Å². The van der Waals surface area contributed by atoms with Gasteiger partial charge in [-0.15, -0.1) is 0 Å². The molecule has 1 aliphatic rings. The van der Waals surface area contributed by atoms with Crippen molar-refractivity contribution in [2.24, 2.45) is 5.92 Å². The van der Waals surface area contributed by atoms with Gasteiger partial charge in [0, 0.05) is 5.92 Å². The van der Waals surface area contributed by atoms with Crippen LogP contribution in [0.15, 0.2) is 0 Å². The molecule has 4 heteroatoms. The molecule has 0 radical (unpaired) electrons. The quantitative estimate of drug-likeness (QED) is 0.537. The van der Waals surface area contributed by atoms with Crippen LogP contribution < -0.4 is 5.32 Å². The molecule has 1 saturated heterocycles. The lowest BCUT2D eigenvalue weighted by atomic mass is 9.94. The van der Waals surface area contributed by atoms with E-state index in [0.29, 0.717) is 12.8 Å². The summed E-state index contributed by atoms with van der Waals surface area (Å²) in [4.78, 5) is 21.1. The maximum absolute atomic E-state index is 10.9. The Bertz CT molecular complexity index is 173. The van der Waals surface area contributed by atoms with E-state index in [1.54, 1.807) is 0 Å². The number of ketones is 1. The van der Waals surface area contributed by atoms with Crippen LogP contribution >= 0.6 is 0 Å². The van der Waals surface area contributed by atoms with E-state index in [4.69, 9.17) is 5.11 Å². The van der Waals surface area contributed by atoms with Gasteiger partial charge in [-0.2, -0.15) is 0 Å². The number of Topliss-reactive ketones (excluding diaryl/α,β-unsaturated/α-hetero) is 1. The molecule has 0 unspecified atom stereocenters. The number of hydrogen-bond donors (Lipinski definition) is 2. The third-order valence-corrected chi connectivity index (χ3v) is 1.92. The van der Waals surface area contributed by atoms with E-state index in [-0.39, 0.29) is 5.92 Å². The number of hydrogen-bond acceptors (Lipinski definition) is 3. The molecule has 0 spiro atoms. The summed E-state index contributed by atoms with van der Waals surface area (Å²) in [6, 6.07) is 0. The van der Waals surface area contributed by atoms with Crippen LogP contribution in [0.3, 0.4) is 0 Å². The molecule has 2 N–H and O–H groups in total. The van der Waals surface area contributed by atoms with Gasteiger partial charge in [-0.3, -0.25) is 4.79 Å². The van der Waals surface area contributed by atoms with E-state index in [1.807, 2.05) is 0 Å². The van der Waals surface area contributed by atoms with Crippen LogP contribution in [0.4, 0.5) is 0 Å². The summed E-state index contributed by atoms with van der Waals surface area (Å²) in [5, 5.41) is 11.4. The Labute approximate surface area is 64.6 Å². The van der Waals surface area contributed by atoms with Gasteiger partial charge in [0.25, 0.3) is 0 Å². The zero-order chi connectivity index (χ0) is 8.27. The first kappa shape index (κ1) is 8.20. The van der Waals surface area contributed by atoms with Crippen molar-refractivity contribution >= 4 is 11.8 Å². The minimum atomic E-state index is -1.29. The first-order valence-electron chi connectivity index (χ1n) is 3.69. The van der Waals surface area contributed by atoms with Gasteiger partial charge in [0.15, 0.2) is 0 Å². The summed E-state index contributed by atoms with van der Waals surface area (Å²) >= 11 is 0. The number of carbonyl (C=O) groups is 2. The summed E-state index contributed by atoms with van der Waals surface area (Å²) in [6.45, 7) is 1.51. The molecule has 0 bridgehead atoms. The third kappa shape index (κ3) is 2.01. The third-order valence-electron chi connectivity index (χ3n) is 1.92. The summed E-state index contributed by atoms with van der Waals surface area (Å²) < 4.78 is 0. The number of aliphatic carboxylic acids is 1. The molecule has 0 aromatic carbocycles. The van der Waals surface area contributed by atoms with Crippen molar-refractivity contribution in [3.05, 3.63) is 0 Å². The minimum absolute atomic E-state index is 0.256. The molecule has 0 saturated carbocycles. The molecule has 62 valence electrons. The molecule has 1 aliphatic heterocycles. The maximum atomic E-state index is 10.9. The average molecular weight is 157 g/mol. The standard InChI is InChI=1S/C7H11NO3/c9-6(7(10)11)5-1-3-8-4-2-5/h5,8H,1-4H2,(H,10,11). The number of piperidine rings is 1. The van der Waals surface area contributed by atoms with Gasteiger partial charge < -0.3 is 10.4 Å². The molecular weight excluding hydrogens is 146 g/mol. The second kappa shape index (κ2) is 3.48. The highest BCUT2D eigenvalue weighted by atomic mass is 16.4. The van der Waals surface area contributed by atoms with Crippen molar-refractivity contribution in [2.45, 2.75) is 12.8 Å². The Balaban J connectivity index is 2.45. The average Bonchev–Trinajstić information content (AvgIpc) is 2.05. The Morgan fingerprint density at radius 1 is 1.27 bits per heavy atom. The number of carbonyl (C=O) groups excluding carboxylic acids is 1. The molecule has 0 aromatic heterocycles. The van der Waals surface area contributed by atoms with Crippen molar-refractivity contribution < 1.29 is 14.7 Å². The fourth-order valence-corrected chi connectivity index (χ4v) is 1.26. The molecular formula is C7H11NO3. The minimum Gasteiger partial charge on any atom is -0.475 e. The Hall–Kier alpha value is -0.900. The molecule has 0 aromatic rings. The molecule has 1 heterocycles. The first-order valence-corrected chi connectivity index (χ1v) is 3.69. The van der Waals surface area contributed by atoms with Crippen LogP contribution in [-0.4, -0.2) is 29.9 Å². The van der Waals surface area contributed by atoms with E-state index in [2.05, 4.69) is 5.32 Å². The van der Waals surface area contributed by atoms with Crippen LogP contribution in [0.2, 0.25) is 0 Å². The van der Waals surface area contributed by atoms with Crippen LogP contribution in [0.5, 0.6) is 0 Å². The number of rotatable bonds is 2. The Morgan fingerprint density at radius 3 is 2.27 bits per heavy atom. The molecule has 1 rings (SSSR count). The highest BCUT2D eigenvalue weighted by Crippen LogP contribution is 2.12. The predicted octanol–water partition coefficient (Wildman–Crippen LogP) is -0.360. The van der Waals surface area contributed by atoms with Gasteiger partial charge in [0.2, 0.25) is 5.78 Å². The lowest BCUT2D eigenvalue weighted by Gasteiger charge is -2.19. The highest BCUT2D eigenvalue weighted by molar-refractivity contribution is 6.33. The van der Waals surface area contributed by atoms with Crippen LogP contribution in [0.1, 0.15) is 12.8 Å². The van der Waals surface area contributed by atoms with Gasteiger partial charge in [-0.05, 0) is 25.9 Å². The van der Waals surface area contributed by atoms with Crippen molar-refractivity contribution in [3.8, 4) is 0 Å². The normalized spacial score (nSPS) is 19.6. The molecule has 0 aliphatic carbocycles. The van der Waals surface area contributed by atoms with Crippen LogP contribution in [-0.2, 0) is 9.59 Å². The smallest absolute Gasteiger partial charge is 0.372 e. The molecule has 4 nitrogen and oxygen atoms in total. The van der Waals surface area contributed by atoms with Gasteiger partial charge in [-0.1, -0.05) is 0 Å². The van der Waals surface area contributed by atoms with Crippen molar-refractivity contribution in [1.29, 1.82) is 0 Å². The van der Waals surface area contributed by atoms with Crippen molar-refractivity contribution in [1.82, 2.24) is 5.32 Å². The molecule has 0 atom stereocenters. The highest BCUT2D eigenvalue weighted by Gasteiger charge is 2.25. The predicted molar refractivity (Wildman–Crippen MR) is 38.2 cm³/mol. The molecule has 0 amide bonds. The van der Waals surface area contributed by atoms with E-state index >= 15 is 0 Å². The zero-order valence-corrected chi connectivity index (χ0v) is 6.17. The van der Waals surface area contributed by atoms with Crippen molar-refractivity contribution in [3.63, 3.8) is 0 Å². The Kier molecular flexibility index (Phi) is 2.59. The second-order valence-corrected chi connectivity index (χ2v) is 2.69. The fraction of sp³-hybridized carbons (Fsp3) is 0.714. The van der Waals surface area contributed by atoms with Gasteiger partial charge in [-0.25, -0.2) is 4.79 Å². The molecule has 1 fully saturated rings. The molecule has 11 heavy (non-hydrogen) atoms. The van der Waals surface area contributed by atoms with Gasteiger partial charge >= 0.3 is 5.97 Å². The zero-order valence-electron chi connectivity index (χ0n) is 6.17. The number of carboxylic acid groups (broad SMARTS) is 1. The Morgan fingerprint density at radius 2 is 1.82 bits per heavy atom. The van der Waals surface area contributed by atoms with Crippen molar-refractivity contribution in [2.75, 3.05) is 13.1 Å². The number of carboxylic acids is 1. The monoisotopic (exact) mass is 157 g/mol. The summed E-state index contributed by atoms with van der Waals surface area (Å²) in [7, 11) is 0. The lowest BCUT2D eigenvalue weighted by molar-refractivity contribution is -0.151. The largest absolute Gasteiger partial charge is 0.475 e. The summed E-state index contributed by atoms with van der Waals surface area (Å²) in [5.41, 5.74) is 0. The summed E-state index contributed by atoms with van der Waals surface area (Å²) in [6.07, 6.45) is 1.32. The van der Waals surface area contributed by atoms with Gasteiger partial charge in [0.05, 0.1) is 0 Å². The fourth-order valence-electron chi connectivity index (χ4n) is 1.26. The van der Waals surface area contributed by atoms with E-state index in [1.165, 1.54) is 0 Å². The van der Waals surface area contributed by atoms with E-state index in [9.17, 15) is 9.59 Å². The SMILES string of the molecule is O=C(O)C(=O)C1CCNCC1. The summed E-state index contributed by atoms with van der Waals surface area (Å²) in [5.74, 6) is -2.18. The lowest BCUT2D eigenvalue weighted by Crippen LogP contribution is -2.34. The van der Waals surface area contributed by atoms with Crippen LogP contribution in [0, 0.1) is 5.92 Å². The second-order valence-electron chi connectivity index (χ2n) is 2.69.